The van der Waals surface area contributed by atoms with Crippen molar-refractivity contribution in [2.75, 3.05) is 26.8 Å². The van der Waals surface area contributed by atoms with Crippen LogP contribution < -0.4 is 5.73 Å². The van der Waals surface area contributed by atoms with Crippen LogP contribution in [0, 0.1) is 5.92 Å². The van der Waals surface area contributed by atoms with Gasteiger partial charge in [-0.25, -0.2) is 0 Å². The fourth-order valence-electron chi connectivity index (χ4n) is 2.00. The van der Waals surface area contributed by atoms with Gasteiger partial charge in [0.25, 0.3) is 0 Å². The Morgan fingerprint density at radius 1 is 1.44 bits per heavy atom. The van der Waals surface area contributed by atoms with Crippen LogP contribution in [0.1, 0.15) is 34.1 Å². The van der Waals surface area contributed by atoms with Crippen LogP contribution in [0.5, 0.6) is 0 Å². The number of methoxy groups -OCH3 is 1. The lowest BCUT2D eigenvalue weighted by Crippen LogP contribution is -2.51. The number of carbonyl (C=O) groups is 1. The van der Waals surface area contributed by atoms with Gasteiger partial charge in [-0.1, -0.05) is 13.8 Å². The molecule has 0 amide bonds. The average Bonchev–Trinajstić information content (AvgIpc) is 2.22. The molecule has 3 N–H and O–H groups in total. The molecule has 0 radical (unpaired) electrons. The van der Waals surface area contributed by atoms with E-state index in [1.807, 2.05) is 6.92 Å². The highest BCUT2D eigenvalue weighted by molar-refractivity contribution is 5.77. The minimum Gasteiger partial charge on any atom is -0.480 e. The molecule has 2 unspecified atom stereocenters. The fraction of sp³-hybridized carbons (Fsp3) is 0.923. The Hall–Kier alpha value is -0.650. The maximum absolute atomic E-state index is 11.0. The number of carboxylic acid groups (broad SMARTS) is 1. The molecule has 5 heteroatoms. The Labute approximate surface area is 110 Å². The topological polar surface area (TPSA) is 75.8 Å². The van der Waals surface area contributed by atoms with Crippen LogP contribution in [0.3, 0.4) is 0 Å². The zero-order valence-electron chi connectivity index (χ0n) is 12.3. The molecule has 0 heterocycles. The van der Waals surface area contributed by atoms with Gasteiger partial charge in [0, 0.05) is 26.2 Å². The van der Waals surface area contributed by atoms with E-state index < -0.39 is 11.5 Å². The third-order valence-electron chi connectivity index (χ3n) is 3.01. The molecule has 0 saturated heterocycles. The van der Waals surface area contributed by atoms with Gasteiger partial charge in [0.1, 0.15) is 5.54 Å². The van der Waals surface area contributed by atoms with Crippen LogP contribution in [0.25, 0.3) is 0 Å². The van der Waals surface area contributed by atoms with Crippen LogP contribution >= 0.6 is 0 Å². The van der Waals surface area contributed by atoms with E-state index in [0.717, 1.165) is 13.1 Å². The first-order valence-corrected chi connectivity index (χ1v) is 6.46. The van der Waals surface area contributed by atoms with Crippen molar-refractivity contribution >= 4 is 5.97 Å². The molecule has 0 aromatic carbocycles. The summed E-state index contributed by atoms with van der Waals surface area (Å²) < 4.78 is 5.09. The molecular weight excluding hydrogens is 232 g/mol. The van der Waals surface area contributed by atoms with E-state index in [1.54, 1.807) is 14.0 Å². The number of aliphatic carboxylic acids is 1. The van der Waals surface area contributed by atoms with Gasteiger partial charge in [-0.15, -0.1) is 0 Å². The smallest absolute Gasteiger partial charge is 0.323 e. The highest BCUT2D eigenvalue weighted by Crippen LogP contribution is 2.15. The Morgan fingerprint density at radius 3 is 2.39 bits per heavy atom. The second-order valence-corrected chi connectivity index (χ2v) is 5.66. The molecule has 2 atom stereocenters. The number of hydrogen-bond donors (Lipinski definition) is 2. The van der Waals surface area contributed by atoms with Crippen LogP contribution in [-0.4, -0.2) is 54.4 Å². The summed E-state index contributed by atoms with van der Waals surface area (Å²) in [6, 6.07) is 0.119. The molecule has 0 spiro atoms. The van der Waals surface area contributed by atoms with E-state index in [2.05, 4.69) is 18.7 Å². The SMILES string of the molecule is COCCN(CC(C)C)C(C)CC(C)(N)C(=O)O. The van der Waals surface area contributed by atoms with Crippen molar-refractivity contribution in [1.29, 1.82) is 0 Å². The molecule has 0 aliphatic rings. The number of ether oxygens (including phenoxy) is 1. The van der Waals surface area contributed by atoms with E-state index in [0.29, 0.717) is 18.9 Å². The van der Waals surface area contributed by atoms with Gasteiger partial charge < -0.3 is 15.6 Å². The fourth-order valence-corrected chi connectivity index (χ4v) is 2.00. The predicted octanol–water partition coefficient (Wildman–Crippen LogP) is 1.17. The van der Waals surface area contributed by atoms with Gasteiger partial charge >= 0.3 is 5.97 Å². The number of carboxylic acids is 1. The summed E-state index contributed by atoms with van der Waals surface area (Å²) in [4.78, 5) is 13.3. The molecule has 0 aromatic rings. The van der Waals surface area contributed by atoms with E-state index in [-0.39, 0.29) is 6.04 Å². The van der Waals surface area contributed by atoms with Crippen molar-refractivity contribution in [3.05, 3.63) is 0 Å². The maximum Gasteiger partial charge on any atom is 0.323 e. The van der Waals surface area contributed by atoms with E-state index in [4.69, 9.17) is 15.6 Å². The number of rotatable bonds is 9. The number of nitrogens with zero attached hydrogens (tertiary/aromatic N) is 1. The molecule has 18 heavy (non-hydrogen) atoms. The highest BCUT2D eigenvalue weighted by Gasteiger charge is 2.31. The van der Waals surface area contributed by atoms with Gasteiger partial charge in [0.05, 0.1) is 6.61 Å². The minimum absolute atomic E-state index is 0.119. The normalized spacial score (nSPS) is 16.9. The summed E-state index contributed by atoms with van der Waals surface area (Å²) in [5.41, 5.74) is 4.62. The number of nitrogens with two attached hydrogens (primary N) is 1. The summed E-state index contributed by atoms with van der Waals surface area (Å²) in [5.74, 6) is -0.427. The summed E-state index contributed by atoms with van der Waals surface area (Å²) in [5, 5.41) is 9.06. The summed E-state index contributed by atoms with van der Waals surface area (Å²) >= 11 is 0. The lowest BCUT2D eigenvalue weighted by molar-refractivity contribution is -0.143. The Balaban J connectivity index is 4.53. The van der Waals surface area contributed by atoms with Gasteiger partial charge in [-0.3, -0.25) is 9.69 Å². The van der Waals surface area contributed by atoms with Gasteiger partial charge in [0.2, 0.25) is 0 Å². The second kappa shape index (κ2) is 7.71. The van der Waals surface area contributed by atoms with Crippen LogP contribution in [0.15, 0.2) is 0 Å². The molecule has 0 saturated carbocycles. The standard InChI is InChI=1S/C13H28N2O3/c1-10(2)9-15(6-7-18-5)11(3)8-13(4,14)12(16)17/h10-11H,6-9,14H2,1-5H3,(H,16,17). The highest BCUT2D eigenvalue weighted by atomic mass is 16.5. The molecule has 0 aromatic heterocycles. The molecule has 0 fully saturated rings. The third-order valence-corrected chi connectivity index (χ3v) is 3.01. The number of hydrogen-bond acceptors (Lipinski definition) is 4. The van der Waals surface area contributed by atoms with Crippen molar-refractivity contribution in [3.63, 3.8) is 0 Å². The van der Waals surface area contributed by atoms with Gasteiger partial charge in [0.15, 0.2) is 0 Å². The van der Waals surface area contributed by atoms with Crippen LogP contribution in [0.2, 0.25) is 0 Å². The van der Waals surface area contributed by atoms with Crippen LogP contribution in [0.4, 0.5) is 0 Å². The predicted molar refractivity (Wildman–Crippen MR) is 72.6 cm³/mol. The van der Waals surface area contributed by atoms with Crippen molar-refractivity contribution in [3.8, 4) is 0 Å². The zero-order chi connectivity index (χ0) is 14.3. The quantitative estimate of drug-likeness (QED) is 0.651. The van der Waals surface area contributed by atoms with E-state index in [1.165, 1.54) is 0 Å². The minimum atomic E-state index is -1.18. The Morgan fingerprint density at radius 2 is 2.00 bits per heavy atom. The molecular formula is C13H28N2O3. The van der Waals surface area contributed by atoms with Gasteiger partial charge in [-0.05, 0) is 26.2 Å². The monoisotopic (exact) mass is 260 g/mol. The second-order valence-electron chi connectivity index (χ2n) is 5.66. The Kier molecular flexibility index (Phi) is 7.43. The zero-order valence-corrected chi connectivity index (χ0v) is 12.3. The maximum atomic E-state index is 11.0. The average molecular weight is 260 g/mol. The third kappa shape index (κ3) is 6.33. The molecule has 108 valence electrons. The first-order valence-electron chi connectivity index (χ1n) is 6.46. The first kappa shape index (κ1) is 17.4. The summed E-state index contributed by atoms with van der Waals surface area (Å²) in [7, 11) is 1.67. The molecule has 0 aliphatic heterocycles. The van der Waals surface area contributed by atoms with Crippen LogP contribution in [-0.2, 0) is 9.53 Å². The first-order chi connectivity index (χ1) is 8.20. The lowest BCUT2D eigenvalue weighted by atomic mass is 9.94. The van der Waals surface area contributed by atoms with E-state index >= 15 is 0 Å². The molecule has 0 rings (SSSR count). The van der Waals surface area contributed by atoms with E-state index in [9.17, 15) is 4.79 Å². The largest absolute Gasteiger partial charge is 0.480 e. The molecule has 0 aliphatic carbocycles. The summed E-state index contributed by atoms with van der Waals surface area (Å²) in [6.45, 7) is 10.2. The Bertz CT molecular complexity index is 255. The van der Waals surface area contributed by atoms with Crippen molar-refractivity contribution < 1.29 is 14.6 Å². The van der Waals surface area contributed by atoms with Crippen molar-refractivity contribution in [1.82, 2.24) is 4.90 Å². The van der Waals surface area contributed by atoms with Crippen molar-refractivity contribution in [2.45, 2.75) is 45.7 Å². The lowest BCUT2D eigenvalue weighted by Gasteiger charge is -2.34. The van der Waals surface area contributed by atoms with Crippen molar-refractivity contribution in [2.24, 2.45) is 11.7 Å². The van der Waals surface area contributed by atoms with Gasteiger partial charge in [-0.2, -0.15) is 0 Å². The molecule has 0 bridgehead atoms. The summed E-state index contributed by atoms with van der Waals surface area (Å²) in [6.07, 6.45) is 0.429. The molecule has 5 nitrogen and oxygen atoms in total.